The van der Waals surface area contributed by atoms with E-state index in [9.17, 15) is 9.59 Å². The van der Waals surface area contributed by atoms with Crippen LogP contribution in [0.25, 0.3) is 0 Å². The van der Waals surface area contributed by atoms with Crippen LogP contribution in [0.15, 0.2) is 36.9 Å². The predicted molar refractivity (Wildman–Crippen MR) is 77.7 cm³/mol. The number of rotatable bonds is 5. The van der Waals surface area contributed by atoms with Crippen LogP contribution in [0, 0.1) is 0 Å². The highest BCUT2D eigenvalue weighted by Gasteiger charge is 2.09. The number of benzene rings is 1. The number of carbonyl (C=O) groups is 2. The highest BCUT2D eigenvalue weighted by Crippen LogP contribution is 2.22. The number of anilines is 1. The molecule has 0 saturated carbocycles. The van der Waals surface area contributed by atoms with E-state index in [0.717, 1.165) is 0 Å². The molecule has 2 rings (SSSR count). The molecular formula is C13H13ClN4O3. The molecule has 0 spiro atoms. The first kappa shape index (κ1) is 14.9. The Hall–Kier alpha value is -2.54. The fourth-order valence-corrected chi connectivity index (χ4v) is 1.80. The zero-order valence-corrected chi connectivity index (χ0v) is 11.7. The van der Waals surface area contributed by atoms with Gasteiger partial charge in [0.1, 0.15) is 0 Å². The molecule has 0 saturated heterocycles. The summed E-state index contributed by atoms with van der Waals surface area (Å²) in [6.07, 6.45) is 5.08. The summed E-state index contributed by atoms with van der Waals surface area (Å²) in [5.41, 5.74) is 0.296. The van der Waals surface area contributed by atoms with Crippen molar-refractivity contribution in [3.05, 3.63) is 47.5 Å². The van der Waals surface area contributed by atoms with Crippen LogP contribution in [0.2, 0.25) is 5.02 Å². The number of hydrogen-bond acceptors (Lipinski definition) is 3. The second kappa shape index (κ2) is 6.76. The van der Waals surface area contributed by atoms with Gasteiger partial charge >= 0.3 is 12.0 Å². The lowest BCUT2D eigenvalue weighted by Gasteiger charge is -2.10. The van der Waals surface area contributed by atoms with E-state index in [2.05, 4.69) is 15.6 Å². The number of urea groups is 1. The standard InChI is InChI=1S/C13H13ClN4O3/c14-10-2-1-9(12(19)20)7-11(10)17-13(21)16-4-6-18-5-3-15-8-18/h1-3,5,7-8H,4,6H2,(H,19,20)(H2,16,17,21). The van der Waals surface area contributed by atoms with Gasteiger partial charge in [0.15, 0.2) is 0 Å². The fourth-order valence-electron chi connectivity index (χ4n) is 1.64. The normalized spacial score (nSPS) is 10.1. The first-order chi connectivity index (χ1) is 10.1. The molecule has 2 aromatic rings. The van der Waals surface area contributed by atoms with Gasteiger partial charge in [-0.3, -0.25) is 0 Å². The number of imidazole rings is 1. The summed E-state index contributed by atoms with van der Waals surface area (Å²) < 4.78 is 1.82. The van der Waals surface area contributed by atoms with Gasteiger partial charge in [-0.1, -0.05) is 11.6 Å². The smallest absolute Gasteiger partial charge is 0.335 e. The number of carboxylic acid groups (broad SMARTS) is 1. The maximum Gasteiger partial charge on any atom is 0.335 e. The average molecular weight is 309 g/mol. The third-order valence-electron chi connectivity index (χ3n) is 2.68. The number of carboxylic acids is 1. The van der Waals surface area contributed by atoms with Crippen LogP contribution < -0.4 is 10.6 Å². The van der Waals surface area contributed by atoms with Crippen molar-refractivity contribution >= 4 is 29.3 Å². The number of carbonyl (C=O) groups excluding carboxylic acids is 1. The van der Waals surface area contributed by atoms with Crippen molar-refractivity contribution < 1.29 is 14.7 Å². The van der Waals surface area contributed by atoms with Crippen molar-refractivity contribution in [3.8, 4) is 0 Å². The van der Waals surface area contributed by atoms with Gasteiger partial charge in [-0.05, 0) is 18.2 Å². The number of aromatic carboxylic acids is 1. The fraction of sp³-hybridized carbons (Fsp3) is 0.154. The van der Waals surface area contributed by atoms with Gasteiger partial charge in [-0.2, -0.15) is 0 Å². The van der Waals surface area contributed by atoms with Crippen LogP contribution in [0.3, 0.4) is 0 Å². The second-order valence-corrected chi connectivity index (χ2v) is 4.59. The molecule has 0 fully saturated rings. The Balaban J connectivity index is 1.90. The quantitative estimate of drug-likeness (QED) is 0.787. The summed E-state index contributed by atoms with van der Waals surface area (Å²) in [6, 6.07) is 3.64. The first-order valence-corrected chi connectivity index (χ1v) is 6.47. The molecule has 0 aliphatic carbocycles. The molecule has 110 valence electrons. The zero-order chi connectivity index (χ0) is 15.2. The van der Waals surface area contributed by atoms with Gasteiger partial charge in [0, 0.05) is 25.5 Å². The number of hydrogen-bond donors (Lipinski definition) is 3. The maximum absolute atomic E-state index is 11.7. The van der Waals surface area contributed by atoms with Gasteiger partial charge in [-0.25, -0.2) is 14.6 Å². The van der Waals surface area contributed by atoms with Gasteiger partial charge in [0.25, 0.3) is 0 Å². The molecule has 0 unspecified atom stereocenters. The number of nitrogens with zero attached hydrogens (tertiary/aromatic N) is 2. The van der Waals surface area contributed by atoms with Crippen LogP contribution >= 0.6 is 11.6 Å². The summed E-state index contributed by atoms with van der Waals surface area (Å²) in [4.78, 5) is 26.5. The zero-order valence-electron chi connectivity index (χ0n) is 10.9. The Morgan fingerprint density at radius 1 is 1.38 bits per heavy atom. The lowest BCUT2D eigenvalue weighted by Crippen LogP contribution is -2.31. The Morgan fingerprint density at radius 3 is 2.86 bits per heavy atom. The van der Waals surface area contributed by atoms with E-state index in [1.165, 1.54) is 18.2 Å². The molecule has 1 aromatic carbocycles. The summed E-state index contributed by atoms with van der Waals surface area (Å²) in [5, 5.41) is 14.3. The van der Waals surface area contributed by atoms with E-state index in [0.29, 0.717) is 13.1 Å². The number of nitrogens with one attached hydrogen (secondary N) is 2. The van der Waals surface area contributed by atoms with Crippen molar-refractivity contribution in [3.63, 3.8) is 0 Å². The SMILES string of the molecule is O=C(NCCn1ccnc1)Nc1cc(C(=O)O)ccc1Cl. The number of halogens is 1. The highest BCUT2D eigenvalue weighted by molar-refractivity contribution is 6.33. The summed E-state index contributed by atoms with van der Waals surface area (Å²) in [6.45, 7) is 0.981. The minimum Gasteiger partial charge on any atom is -0.478 e. The Labute approximate surface area is 125 Å². The van der Waals surface area contributed by atoms with Gasteiger partial charge in [0.2, 0.25) is 0 Å². The van der Waals surface area contributed by atoms with E-state index < -0.39 is 12.0 Å². The molecule has 2 amide bonds. The monoisotopic (exact) mass is 308 g/mol. The van der Waals surface area contributed by atoms with Crippen molar-refractivity contribution in [2.45, 2.75) is 6.54 Å². The highest BCUT2D eigenvalue weighted by atomic mass is 35.5. The van der Waals surface area contributed by atoms with Crippen LogP contribution in [0.5, 0.6) is 0 Å². The summed E-state index contributed by atoms with van der Waals surface area (Å²) in [7, 11) is 0. The molecule has 0 aliphatic rings. The van der Waals surface area contributed by atoms with E-state index in [-0.39, 0.29) is 16.3 Å². The molecule has 8 heteroatoms. The second-order valence-electron chi connectivity index (χ2n) is 4.18. The van der Waals surface area contributed by atoms with E-state index in [4.69, 9.17) is 16.7 Å². The molecule has 7 nitrogen and oxygen atoms in total. The summed E-state index contributed by atoms with van der Waals surface area (Å²) in [5.74, 6) is -1.09. The number of aromatic nitrogens is 2. The topological polar surface area (TPSA) is 96.3 Å². The molecule has 1 aromatic heterocycles. The Kier molecular flexibility index (Phi) is 4.78. The van der Waals surface area contributed by atoms with Gasteiger partial charge in [0.05, 0.1) is 22.6 Å². The minimum atomic E-state index is -1.09. The van der Waals surface area contributed by atoms with E-state index >= 15 is 0 Å². The van der Waals surface area contributed by atoms with E-state index in [1.54, 1.807) is 18.7 Å². The number of amides is 2. The van der Waals surface area contributed by atoms with E-state index in [1.807, 2.05) is 4.57 Å². The molecule has 0 atom stereocenters. The van der Waals surface area contributed by atoms with Crippen LogP contribution in [-0.4, -0.2) is 33.2 Å². The molecule has 0 bridgehead atoms. The van der Waals surface area contributed by atoms with Crippen molar-refractivity contribution in [2.24, 2.45) is 0 Å². The van der Waals surface area contributed by atoms with Crippen molar-refractivity contribution in [2.75, 3.05) is 11.9 Å². The molecule has 3 N–H and O–H groups in total. The van der Waals surface area contributed by atoms with Crippen LogP contribution in [0.1, 0.15) is 10.4 Å². The first-order valence-electron chi connectivity index (χ1n) is 6.09. The molecular weight excluding hydrogens is 296 g/mol. The molecule has 0 radical (unpaired) electrons. The minimum absolute atomic E-state index is 0.0492. The molecule has 1 heterocycles. The average Bonchev–Trinajstić information content (AvgIpc) is 2.94. The van der Waals surface area contributed by atoms with Crippen LogP contribution in [0.4, 0.5) is 10.5 Å². The van der Waals surface area contributed by atoms with Gasteiger partial charge in [-0.15, -0.1) is 0 Å². The lowest BCUT2D eigenvalue weighted by atomic mass is 10.2. The largest absolute Gasteiger partial charge is 0.478 e. The van der Waals surface area contributed by atoms with Crippen molar-refractivity contribution in [1.82, 2.24) is 14.9 Å². The molecule has 0 aliphatic heterocycles. The summed E-state index contributed by atoms with van der Waals surface area (Å²) >= 11 is 5.91. The maximum atomic E-state index is 11.7. The molecule has 21 heavy (non-hydrogen) atoms. The Morgan fingerprint density at radius 2 is 2.19 bits per heavy atom. The third kappa shape index (κ3) is 4.22. The van der Waals surface area contributed by atoms with Crippen LogP contribution in [-0.2, 0) is 6.54 Å². The van der Waals surface area contributed by atoms with Crippen molar-refractivity contribution in [1.29, 1.82) is 0 Å². The predicted octanol–water partition coefficient (Wildman–Crippen LogP) is 2.06. The third-order valence-corrected chi connectivity index (χ3v) is 3.01. The Bertz CT molecular complexity index is 643. The van der Waals surface area contributed by atoms with Gasteiger partial charge < -0.3 is 20.3 Å². The lowest BCUT2D eigenvalue weighted by molar-refractivity contribution is 0.0697.